The number of nitrogens with one attached hydrogen (secondary N) is 1. The molecule has 20 heavy (non-hydrogen) atoms. The van der Waals surface area contributed by atoms with Gasteiger partial charge in [0.25, 0.3) is 0 Å². The third-order valence-corrected chi connectivity index (χ3v) is 2.94. The topological polar surface area (TPSA) is 80.0 Å². The summed E-state index contributed by atoms with van der Waals surface area (Å²) >= 11 is 5.91. The lowest BCUT2D eigenvalue weighted by atomic mass is 10.3. The number of rotatable bonds is 2. The summed E-state index contributed by atoms with van der Waals surface area (Å²) in [6.07, 6.45) is 0.418. The average molecular weight is 289 g/mol. The highest BCUT2D eigenvalue weighted by Crippen LogP contribution is 2.25. The van der Waals surface area contributed by atoms with E-state index in [-0.39, 0.29) is 0 Å². The van der Waals surface area contributed by atoms with Gasteiger partial charge in [0.15, 0.2) is 5.82 Å². The molecule has 0 aliphatic rings. The summed E-state index contributed by atoms with van der Waals surface area (Å²) in [5, 5.41) is 16.7. The smallest absolute Gasteiger partial charge is 0.432 e. The number of anilines is 2. The van der Waals surface area contributed by atoms with E-state index in [1.165, 1.54) is 0 Å². The van der Waals surface area contributed by atoms with Crippen molar-refractivity contribution >= 4 is 40.2 Å². The third-order valence-electron chi connectivity index (χ3n) is 2.71. The standard InChI is InChI=1S/C13H9ClN4O2/c14-8-3-1-4-9(7-8)16-12-11-10(5-2-6-15-11)18(17-12)13(19)20/h1-7H,(H,16,17)(H,19,20). The molecule has 0 aliphatic heterocycles. The number of hydrogen-bond donors (Lipinski definition) is 2. The maximum absolute atomic E-state index is 11.2. The molecule has 6 nitrogen and oxygen atoms in total. The Labute approximate surface area is 118 Å². The van der Waals surface area contributed by atoms with Gasteiger partial charge in [-0.3, -0.25) is 4.98 Å². The molecule has 0 amide bonds. The van der Waals surface area contributed by atoms with Crippen LogP contribution < -0.4 is 5.32 Å². The predicted octanol–water partition coefficient (Wildman–Crippen LogP) is 3.35. The first kappa shape index (κ1) is 12.4. The first-order chi connectivity index (χ1) is 9.65. The quantitative estimate of drug-likeness (QED) is 0.756. The molecule has 0 saturated carbocycles. The van der Waals surface area contributed by atoms with Crippen LogP contribution >= 0.6 is 11.6 Å². The van der Waals surface area contributed by atoms with Crippen molar-refractivity contribution < 1.29 is 9.90 Å². The Morgan fingerprint density at radius 3 is 2.90 bits per heavy atom. The van der Waals surface area contributed by atoms with Gasteiger partial charge in [0.05, 0.1) is 0 Å². The maximum Gasteiger partial charge on any atom is 0.432 e. The number of fused-ring (bicyclic) bond motifs is 1. The highest BCUT2D eigenvalue weighted by molar-refractivity contribution is 6.30. The second kappa shape index (κ2) is 4.82. The molecule has 0 atom stereocenters. The van der Waals surface area contributed by atoms with Gasteiger partial charge in [-0.25, -0.2) is 4.79 Å². The lowest BCUT2D eigenvalue weighted by Crippen LogP contribution is -2.09. The summed E-state index contributed by atoms with van der Waals surface area (Å²) < 4.78 is 0.884. The van der Waals surface area contributed by atoms with Gasteiger partial charge in [-0.2, -0.15) is 4.68 Å². The van der Waals surface area contributed by atoms with E-state index in [9.17, 15) is 4.79 Å². The Morgan fingerprint density at radius 1 is 1.30 bits per heavy atom. The first-order valence-electron chi connectivity index (χ1n) is 5.75. The molecule has 0 saturated heterocycles. The number of aromatic nitrogens is 3. The number of nitrogens with zero attached hydrogens (tertiary/aromatic N) is 3. The summed E-state index contributed by atoms with van der Waals surface area (Å²) in [6.45, 7) is 0. The molecule has 0 bridgehead atoms. The van der Waals surface area contributed by atoms with Crippen molar-refractivity contribution in [3.63, 3.8) is 0 Å². The summed E-state index contributed by atoms with van der Waals surface area (Å²) in [7, 11) is 0. The lowest BCUT2D eigenvalue weighted by Gasteiger charge is -2.02. The molecule has 1 aromatic carbocycles. The summed E-state index contributed by atoms with van der Waals surface area (Å²) in [6, 6.07) is 10.4. The highest BCUT2D eigenvalue weighted by atomic mass is 35.5. The van der Waals surface area contributed by atoms with Crippen molar-refractivity contribution in [2.45, 2.75) is 0 Å². The van der Waals surface area contributed by atoms with Crippen molar-refractivity contribution in [1.29, 1.82) is 0 Å². The van der Waals surface area contributed by atoms with Crippen molar-refractivity contribution in [2.75, 3.05) is 5.32 Å². The van der Waals surface area contributed by atoms with Gasteiger partial charge in [-0.15, -0.1) is 5.10 Å². The Balaban J connectivity index is 2.10. The molecule has 2 heterocycles. The number of hydrogen-bond acceptors (Lipinski definition) is 4. The molecule has 2 N–H and O–H groups in total. The number of benzene rings is 1. The van der Waals surface area contributed by atoms with E-state index in [2.05, 4.69) is 15.4 Å². The Kier molecular flexibility index (Phi) is 3.00. The number of carboxylic acid groups (broad SMARTS) is 1. The molecule has 7 heteroatoms. The van der Waals surface area contributed by atoms with Crippen LogP contribution in [0.2, 0.25) is 5.02 Å². The Bertz CT molecular complexity index is 800. The van der Waals surface area contributed by atoms with Crippen molar-refractivity contribution in [3.8, 4) is 0 Å². The van der Waals surface area contributed by atoms with Gasteiger partial charge in [0, 0.05) is 16.9 Å². The monoisotopic (exact) mass is 288 g/mol. The van der Waals surface area contributed by atoms with Gasteiger partial charge in [-0.1, -0.05) is 17.7 Å². The fourth-order valence-electron chi connectivity index (χ4n) is 1.88. The Hall–Kier alpha value is -2.60. The highest BCUT2D eigenvalue weighted by Gasteiger charge is 2.15. The first-order valence-corrected chi connectivity index (χ1v) is 6.12. The zero-order chi connectivity index (χ0) is 14.1. The van der Waals surface area contributed by atoms with Crippen LogP contribution in [0.4, 0.5) is 16.3 Å². The number of pyridine rings is 1. The van der Waals surface area contributed by atoms with E-state index >= 15 is 0 Å². The second-order valence-electron chi connectivity index (χ2n) is 4.05. The zero-order valence-electron chi connectivity index (χ0n) is 10.1. The van der Waals surface area contributed by atoms with Crippen molar-refractivity contribution in [1.82, 2.24) is 14.8 Å². The van der Waals surface area contributed by atoms with Crippen molar-refractivity contribution in [3.05, 3.63) is 47.6 Å². The number of halogens is 1. The molecule has 0 fully saturated rings. The summed E-state index contributed by atoms with van der Waals surface area (Å²) in [5.74, 6) is 0.366. The van der Waals surface area contributed by atoms with Gasteiger partial charge in [0.1, 0.15) is 11.0 Å². The molecule has 0 spiro atoms. The van der Waals surface area contributed by atoms with E-state index in [0.29, 0.717) is 27.6 Å². The van der Waals surface area contributed by atoms with Crippen LogP contribution in [-0.4, -0.2) is 26.0 Å². The van der Waals surface area contributed by atoms with Gasteiger partial charge < -0.3 is 10.4 Å². The molecular weight excluding hydrogens is 280 g/mol. The largest absolute Gasteiger partial charge is 0.463 e. The van der Waals surface area contributed by atoms with Crippen LogP contribution in [0.5, 0.6) is 0 Å². The molecule has 3 aromatic rings. The van der Waals surface area contributed by atoms with Crippen LogP contribution in [0.25, 0.3) is 11.0 Å². The van der Waals surface area contributed by atoms with E-state index in [4.69, 9.17) is 16.7 Å². The minimum Gasteiger partial charge on any atom is -0.463 e. The van der Waals surface area contributed by atoms with Gasteiger partial charge in [0.2, 0.25) is 0 Å². The van der Waals surface area contributed by atoms with E-state index in [1.807, 2.05) is 0 Å². The van der Waals surface area contributed by atoms with E-state index in [1.54, 1.807) is 42.6 Å². The normalized spacial score (nSPS) is 10.7. The molecule has 0 unspecified atom stereocenters. The third kappa shape index (κ3) is 2.17. The molecular formula is C13H9ClN4O2. The zero-order valence-corrected chi connectivity index (χ0v) is 10.9. The minimum atomic E-state index is -1.16. The van der Waals surface area contributed by atoms with Gasteiger partial charge >= 0.3 is 6.09 Å². The van der Waals surface area contributed by atoms with Crippen LogP contribution in [0, 0.1) is 0 Å². The average Bonchev–Trinajstić information content (AvgIpc) is 2.78. The Morgan fingerprint density at radius 2 is 2.15 bits per heavy atom. The van der Waals surface area contributed by atoms with Crippen LogP contribution in [0.3, 0.4) is 0 Å². The van der Waals surface area contributed by atoms with Crippen LogP contribution in [0.1, 0.15) is 0 Å². The van der Waals surface area contributed by atoms with E-state index in [0.717, 1.165) is 4.68 Å². The minimum absolute atomic E-state index is 0.366. The number of carbonyl (C=O) groups is 1. The maximum atomic E-state index is 11.2. The summed E-state index contributed by atoms with van der Waals surface area (Å²) in [5.41, 5.74) is 1.61. The predicted molar refractivity (Wildman–Crippen MR) is 75.7 cm³/mol. The fraction of sp³-hybridized carbons (Fsp3) is 0. The molecule has 0 aliphatic carbocycles. The molecule has 0 radical (unpaired) electrons. The van der Waals surface area contributed by atoms with Crippen molar-refractivity contribution in [2.24, 2.45) is 0 Å². The van der Waals surface area contributed by atoms with Crippen LogP contribution in [-0.2, 0) is 0 Å². The summed E-state index contributed by atoms with van der Waals surface area (Å²) in [4.78, 5) is 15.3. The second-order valence-corrected chi connectivity index (χ2v) is 4.49. The SMILES string of the molecule is O=C(O)n1nc(Nc2cccc(Cl)c2)c2ncccc21. The lowest BCUT2D eigenvalue weighted by molar-refractivity contribution is 0.194. The van der Waals surface area contributed by atoms with Crippen LogP contribution in [0.15, 0.2) is 42.6 Å². The van der Waals surface area contributed by atoms with E-state index < -0.39 is 6.09 Å². The molecule has 3 rings (SSSR count). The fourth-order valence-corrected chi connectivity index (χ4v) is 2.07. The molecule has 2 aromatic heterocycles. The molecule has 100 valence electrons. The van der Waals surface area contributed by atoms with Gasteiger partial charge in [-0.05, 0) is 30.3 Å².